The molecule has 3 rings (SSSR count). The van der Waals surface area contributed by atoms with Gasteiger partial charge in [0.15, 0.2) is 0 Å². The third-order valence-electron chi connectivity index (χ3n) is 4.62. The van der Waals surface area contributed by atoms with E-state index in [0.717, 1.165) is 5.56 Å². The zero-order valence-electron chi connectivity index (χ0n) is 15.7. The Kier molecular flexibility index (Phi) is 7.34. The van der Waals surface area contributed by atoms with Crippen molar-refractivity contribution in [1.29, 1.82) is 0 Å². The van der Waals surface area contributed by atoms with Crippen molar-refractivity contribution in [2.24, 2.45) is 0 Å². The van der Waals surface area contributed by atoms with E-state index in [1.807, 2.05) is 30.3 Å². The maximum atomic E-state index is 10.5. The van der Waals surface area contributed by atoms with Crippen LogP contribution in [0.3, 0.4) is 0 Å². The first-order chi connectivity index (χ1) is 13.2. The molecule has 5 nitrogen and oxygen atoms in total. The van der Waals surface area contributed by atoms with Crippen molar-refractivity contribution in [3.8, 4) is 5.75 Å². The van der Waals surface area contributed by atoms with Crippen molar-refractivity contribution in [2.45, 2.75) is 25.7 Å². The normalized spacial score (nSPS) is 13.1. The van der Waals surface area contributed by atoms with Crippen LogP contribution in [0, 0.1) is 0 Å². The molecule has 0 aliphatic rings. The zero-order chi connectivity index (χ0) is 20.7. The number of hydrogen-bond donors (Lipinski definition) is 3. The third kappa shape index (κ3) is 6.20. The number of phenolic OH excluding ortho intramolecular Hbond substituents is 1. The first kappa shape index (κ1) is 21.6. The minimum Gasteiger partial charge on any atom is -0.508 e. The molecule has 0 aromatic heterocycles. The number of benzene rings is 3. The Labute approximate surface area is 165 Å². The molecule has 2 atom stereocenters. The lowest BCUT2D eigenvalue weighted by Crippen LogP contribution is -2.05. The summed E-state index contributed by atoms with van der Waals surface area (Å²) >= 11 is 0. The van der Waals surface area contributed by atoms with Gasteiger partial charge in [-0.2, -0.15) is 8.42 Å². The highest BCUT2D eigenvalue weighted by Gasteiger charge is 2.20. The molecule has 6 heteroatoms. The molecule has 0 fully saturated rings. The average molecular weight is 400 g/mol. The van der Waals surface area contributed by atoms with E-state index in [0.29, 0.717) is 5.75 Å². The average Bonchev–Trinajstić information content (AvgIpc) is 2.67. The highest BCUT2D eigenvalue weighted by atomic mass is 32.3. The van der Waals surface area contributed by atoms with Crippen molar-refractivity contribution in [2.75, 3.05) is 0 Å². The zero-order valence-corrected chi connectivity index (χ0v) is 16.5. The topological polar surface area (TPSA) is 94.8 Å². The molecule has 0 spiro atoms. The van der Waals surface area contributed by atoms with Gasteiger partial charge in [0.05, 0.1) is 0 Å². The van der Waals surface area contributed by atoms with Gasteiger partial charge in [-0.25, -0.2) is 0 Å². The molecule has 0 heterocycles. The Morgan fingerprint density at radius 3 is 1.57 bits per heavy atom. The first-order valence-electron chi connectivity index (χ1n) is 8.80. The van der Waals surface area contributed by atoms with E-state index < -0.39 is 10.4 Å². The van der Waals surface area contributed by atoms with Crippen LogP contribution in [0.2, 0.25) is 0 Å². The lowest BCUT2D eigenvalue weighted by molar-refractivity contribution is 0.381. The fraction of sp³-hybridized carbons (Fsp3) is 0.182. The molecule has 0 bridgehead atoms. The molecule has 0 saturated carbocycles. The lowest BCUT2D eigenvalue weighted by Gasteiger charge is -2.22. The molecule has 3 aromatic rings. The molecule has 148 valence electrons. The van der Waals surface area contributed by atoms with Gasteiger partial charge in [0.1, 0.15) is 5.75 Å². The van der Waals surface area contributed by atoms with E-state index in [1.54, 1.807) is 6.07 Å². The number of hydrogen-bond acceptors (Lipinski definition) is 3. The van der Waals surface area contributed by atoms with Gasteiger partial charge in [-0.15, -0.1) is 0 Å². The van der Waals surface area contributed by atoms with Crippen molar-refractivity contribution >= 4 is 10.4 Å². The quantitative estimate of drug-likeness (QED) is 0.533. The van der Waals surface area contributed by atoms with Crippen LogP contribution in [0.15, 0.2) is 78.9 Å². The third-order valence-corrected chi connectivity index (χ3v) is 4.62. The second-order valence-corrected chi connectivity index (χ2v) is 7.39. The molecular formula is C22H24O5S. The van der Waals surface area contributed by atoms with E-state index in [4.69, 9.17) is 17.5 Å². The van der Waals surface area contributed by atoms with Crippen LogP contribution in [0.1, 0.15) is 47.9 Å². The minimum absolute atomic E-state index is 0.151. The number of aromatic hydroxyl groups is 1. The monoisotopic (exact) mass is 400 g/mol. The highest BCUT2D eigenvalue weighted by molar-refractivity contribution is 7.79. The molecular weight excluding hydrogens is 376 g/mol. The highest BCUT2D eigenvalue weighted by Crippen LogP contribution is 2.38. The van der Waals surface area contributed by atoms with Gasteiger partial charge in [0.2, 0.25) is 0 Å². The van der Waals surface area contributed by atoms with Crippen LogP contribution in [0.25, 0.3) is 0 Å². The molecule has 3 N–H and O–H groups in total. The van der Waals surface area contributed by atoms with E-state index in [1.165, 1.54) is 16.7 Å². The summed E-state index contributed by atoms with van der Waals surface area (Å²) in [6, 6.07) is 26.7. The van der Waals surface area contributed by atoms with Crippen molar-refractivity contribution in [3.05, 3.63) is 101 Å². The van der Waals surface area contributed by atoms with Gasteiger partial charge in [0, 0.05) is 17.4 Å². The van der Waals surface area contributed by atoms with Crippen LogP contribution in [-0.4, -0.2) is 22.6 Å². The summed E-state index contributed by atoms with van der Waals surface area (Å²) in [6.45, 7) is 4.36. The molecule has 0 radical (unpaired) electrons. The number of phenols is 1. The predicted octanol–water partition coefficient (Wildman–Crippen LogP) is 5.04. The summed E-state index contributed by atoms with van der Waals surface area (Å²) in [5.74, 6) is 0.768. The molecule has 0 amide bonds. The van der Waals surface area contributed by atoms with Gasteiger partial charge < -0.3 is 5.11 Å². The SMILES string of the molecule is CC(c1ccccc1)c1cccc(O)c1C(C)c1ccccc1.O=S(=O)(O)O. The Bertz CT molecular complexity index is 978. The largest absolute Gasteiger partial charge is 0.508 e. The standard InChI is InChI=1S/C22H22O.H2O4S/c1-16(18-10-5-3-6-11-18)20-14-9-15-21(23)22(20)17(2)19-12-7-4-8-13-19;1-5(2,3)4/h3-17,23H,1-2H3;(H2,1,2,3,4). The van der Waals surface area contributed by atoms with E-state index in [9.17, 15) is 5.11 Å². The summed E-state index contributed by atoms with van der Waals surface area (Å²) < 4.78 is 31.6. The van der Waals surface area contributed by atoms with Crippen LogP contribution < -0.4 is 0 Å². The summed E-state index contributed by atoms with van der Waals surface area (Å²) in [5.41, 5.74) is 4.69. The molecule has 28 heavy (non-hydrogen) atoms. The number of rotatable bonds is 4. The van der Waals surface area contributed by atoms with Gasteiger partial charge in [-0.3, -0.25) is 9.11 Å². The van der Waals surface area contributed by atoms with E-state index in [2.05, 4.69) is 56.3 Å². The molecule has 0 aliphatic heterocycles. The minimum atomic E-state index is -4.67. The second kappa shape index (κ2) is 9.50. The smallest absolute Gasteiger partial charge is 0.394 e. The molecule has 2 unspecified atom stereocenters. The van der Waals surface area contributed by atoms with Gasteiger partial charge in [-0.05, 0) is 22.8 Å². The van der Waals surface area contributed by atoms with Crippen LogP contribution in [0.4, 0.5) is 0 Å². The van der Waals surface area contributed by atoms with Gasteiger partial charge in [0.25, 0.3) is 0 Å². The lowest BCUT2D eigenvalue weighted by atomic mass is 9.82. The Hall–Kier alpha value is -2.67. The van der Waals surface area contributed by atoms with E-state index in [-0.39, 0.29) is 11.8 Å². The first-order valence-corrected chi connectivity index (χ1v) is 10.2. The van der Waals surface area contributed by atoms with E-state index >= 15 is 0 Å². The van der Waals surface area contributed by atoms with Gasteiger partial charge in [-0.1, -0.05) is 86.6 Å². The Morgan fingerprint density at radius 1 is 0.679 bits per heavy atom. The molecule has 3 aromatic carbocycles. The van der Waals surface area contributed by atoms with Crippen LogP contribution in [0.5, 0.6) is 5.75 Å². The fourth-order valence-electron chi connectivity index (χ4n) is 3.25. The summed E-state index contributed by atoms with van der Waals surface area (Å²) in [5, 5.41) is 10.5. The maximum Gasteiger partial charge on any atom is 0.394 e. The summed E-state index contributed by atoms with van der Waals surface area (Å²) in [7, 11) is -4.67. The van der Waals surface area contributed by atoms with Crippen molar-refractivity contribution in [3.63, 3.8) is 0 Å². The van der Waals surface area contributed by atoms with Crippen LogP contribution >= 0.6 is 0 Å². The molecule has 0 saturated heterocycles. The summed E-state index contributed by atoms with van der Waals surface area (Å²) in [4.78, 5) is 0. The van der Waals surface area contributed by atoms with Crippen molar-refractivity contribution in [1.82, 2.24) is 0 Å². The maximum absolute atomic E-state index is 10.5. The Balaban J connectivity index is 0.000000500. The second-order valence-electron chi connectivity index (χ2n) is 6.49. The van der Waals surface area contributed by atoms with Gasteiger partial charge >= 0.3 is 10.4 Å². The molecule has 0 aliphatic carbocycles. The Morgan fingerprint density at radius 2 is 1.11 bits per heavy atom. The predicted molar refractivity (Wildman–Crippen MR) is 110 cm³/mol. The fourth-order valence-corrected chi connectivity index (χ4v) is 3.25. The summed E-state index contributed by atoms with van der Waals surface area (Å²) in [6.07, 6.45) is 0. The van der Waals surface area contributed by atoms with Crippen molar-refractivity contribution < 1.29 is 22.6 Å². The van der Waals surface area contributed by atoms with Crippen LogP contribution in [-0.2, 0) is 10.4 Å².